The summed E-state index contributed by atoms with van der Waals surface area (Å²) in [7, 11) is 0. The van der Waals surface area contributed by atoms with Gasteiger partial charge in [-0.2, -0.15) is 0 Å². The minimum atomic E-state index is 0.575. The highest BCUT2D eigenvalue weighted by atomic mass is 15.2. The molecule has 0 aromatic heterocycles. The molecule has 0 radical (unpaired) electrons. The van der Waals surface area contributed by atoms with E-state index in [0.717, 1.165) is 12.0 Å². The summed E-state index contributed by atoms with van der Waals surface area (Å²) in [6.07, 6.45) is 9.91. The number of rotatable bonds is 6. The number of nitrogens with zero attached hydrogens (tertiary/aromatic N) is 1. The van der Waals surface area contributed by atoms with Crippen LogP contribution in [0.4, 0.5) is 0 Å². The topological polar surface area (TPSA) is 15.3 Å². The number of nitrogens with one attached hydrogen (secondary N) is 1. The van der Waals surface area contributed by atoms with Crippen LogP contribution in [-0.4, -0.2) is 37.1 Å². The lowest BCUT2D eigenvalue weighted by atomic mass is 9.73. The summed E-state index contributed by atoms with van der Waals surface area (Å²) in [4.78, 5) is 2.78. The van der Waals surface area contributed by atoms with Crippen molar-refractivity contribution in [3.05, 3.63) is 0 Å². The third kappa shape index (κ3) is 4.19. The van der Waals surface area contributed by atoms with Crippen molar-refractivity contribution in [2.24, 2.45) is 11.3 Å². The van der Waals surface area contributed by atoms with E-state index in [1.165, 1.54) is 71.1 Å². The van der Waals surface area contributed by atoms with Crippen LogP contribution in [0.1, 0.15) is 65.7 Å². The minimum absolute atomic E-state index is 0.575. The van der Waals surface area contributed by atoms with Gasteiger partial charge in [-0.1, -0.05) is 33.1 Å². The Bertz CT molecular complexity index is 258. The van der Waals surface area contributed by atoms with Crippen LogP contribution in [0.15, 0.2) is 0 Å². The lowest BCUT2D eigenvalue weighted by Crippen LogP contribution is -2.46. The Hall–Kier alpha value is -0.0800. The van der Waals surface area contributed by atoms with E-state index in [1.807, 2.05) is 0 Å². The Morgan fingerprint density at radius 2 is 1.89 bits per heavy atom. The van der Waals surface area contributed by atoms with E-state index in [1.54, 1.807) is 0 Å². The first-order valence-corrected chi connectivity index (χ1v) is 8.60. The Morgan fingerprint density at radius 3 is 2.47 bits per heavy atom. The van der Waals surface area contributed by atoms with Crippen LogP contribution in [0.25, 0.3) is 0 Å². The molecule has 1 aliphatic carbocycles. The van der Waals surface area contributed by atoms with Crippen LogP contribution in [-0.2, 0) is 0 Å². The van der Waals surface area contributed by atoms with Gasteiger partial charge in [-0.05, 0) is 50.5 Å². The van der Waals surface area contributed by atoms with Gasteiger partial charge in [0, 0.05) is 25.7 Å². The van der Waals surface area contributed by atoms with Crippen LogP contribution in [0.5, 0.6) is 0 Å². The average molecular weight is 266 g/mol. The molecule has 2 nitrogen and oxygen atoms in total. The van der Waals surface area contributed by atoms with Gasteiger partial charge < -0.3 is 5.32 Å². The van der Waals surface area contributed by atoms with Crippen molar-refractivity contribution >= 4 is 0 Å². The van der Waals surface area contributed by atoms with Gasteiger partial charge in [-0.3, -0.25) is 4.90 Å². The quantitative estimate of drug-likeness (QED) is 0.738. The third-order valence-corrected chi connectivity index (χ3v) is 5.29. The summed E-state index contributed by atoms with van der Waals surface area (Å²) in [5.41, 5.74) is 0.575. The standard InChI is InChI=1S/C17H34N2/c1-4-10-18-13-17(8-6-5-7-9-17)14-19-12-15(2)11-16(19)3/h15-16,18H,4-14H2,1-3H3. The molecule has 0 aromatic rings. The van der Waals surface area contributed by atoms with Crippen molar-refractivity contribution in [2.75, 3.05) is 26.2 Å². The maximum atomic E-state index is 3.72. The molecule has 112 valence electrons. The van der Waals surface area contributed by atoms with Crippen LogP contribution in [0.3, 0.4) is 0 Å². The first-order chi connectivity index (χ1) is 9.15. The van der Waals surface area contributed by atoms with Gasteiger partial charge in [0.2, 0.25) is 0 Å². The molecule has 2 fully saturated rings. The Kier molecular flexibility index (Phi) is 5.70. The third-order valence-electron chi connectivity index (χ3n) is 5.29. The summed E-state index contributed by atoms with van der Waals surface area (Å²) in [6, 6.07) is 0.806. The fourth-order valence-electron chi connectivity index (χ4n) is 4.26. The van der Waals surface area contributed by atoms with Gasteiger partial charge in [0.1, 0.15) is 0 Å². The zero-order valence-corrected chi connectivity index (χ0v) is 13.4. The van der Waals surface area contributed by atoms with Crippen LogP contribution in [0, 0.1) is 11.3 Å². The first-order valence-electron chi connectivity index (χ1n) is 8.60. The van der Waals surface area contributed by atoms with E-state index in [9.17, 15) is 0 Å². The molecule has 1 N–H and O–H groups in total. The maximum Gasteiger partial charge on any atom is 0.00702 e. The molecule has 2 heteroatoms. The van der Waals surface area contributed by atoms with Crippen molar-refractivity contribution in [3.63, 3.8) is 0 Å². The van der Waals surface area contributed by atoms with Crippen LogP contribution in [0.2, 0.25) is 0 Å². The average Bonchev–Trinajstić information content (AvgIpc) is 2.69. The summed E-state index contributed by atoms with van der Waals surface area (Å²) >= 11 is 0. The largest absolute Gasteiger partial charge is 0.316 e. The van der Waals surface area contributed by atoms with Gasteiger partial charge >= 0.3 is 0 Å². The van der Waals surface area contributed by atoms with E-state index >= 15 is 0 Å². The van der Waals surface area contributed by atoms with E-state index in [2.05, 4.69) is 31.0 Å². The second-order valence-corrected chi connectivity index (χ2v) is 7.36. The van der Waals surface area contributed by atoms with Gasteiger partial charge in [0.25, 0.3) is 0 Å². The zero-order valence-electron chi connectivity index (χ0n) is 13.4. The monoisotopic (exact) mass is 266 g/mol. The van der Waals surface area contributed by atoms with E-state index < -0.39 is 0 Å². The first kappa shape index (κ1) is 15.3. The number of likely N-dealkylation sites (tertiary alicyclic amines) is 1. The molecular weight excluding hydrogens is 232 g/mol. The molecule has 1 saturated carbocycles. The summed E-state index contributed by atoms with van der Waals surface area (Å²) in [5, 5.41) is 3.72. The van der Waals surface area contributed by atoms with Gasteiger partial charge in [-0.25, -0.2) is 0 Å². The molecule has 1 saturated heterocycles. The lowest BCUT2D eigenvalue weighted by Gasteiger charge is -2.41. The molecule has 2 unspecified atom stereocenters. The normalized spacial score (nSPS) is 31.7. The van der Waals surface area contributed by atoms with Gasteiger partial charge in [-0.15, -0.1) is 0 Å². The van der Waals surface area contributed by atoms with Crippen LogP contribution < -0.4 is 5.32 Å². The Balaban J connectivity index is 1.92. The number of hydrogen-bond acceptors (Lipinski definition) is 2. The minimum Gasteiger partial charge on any atom is -0.316 e. The Morgan fingerprint density at radius 1 is 1.16 bits per heavy atom. The second kappa shape index (κ2) is 7.08. The number of hydrogen-bond donors (Lipinski definition) is 1. The van der Waals surface area contributed by atoms with Gasteiger partial charge in [0.15, 0.2) is 0 Å². The molecule has 2 aliphatic rings. The summed E-state index contributed by atoms with van der Waals surface area (Å²) < 4.78 is 0. The predicted molar refractivity (Wildman–Crippen MR) is 83.5 cm³/mol. The fraction of sp³-hybridized carbons (Fsp3) is 1.00. The van der Waals surface area contributed by atoms with E-state index in [-0.39, 0.29) is 0 Å². The van der Waals surface area contributed by atoms with Crippen molar-refractivity contribution in [1.82, 2.24) is 10.2 Å². The lowest BCUT2D eigenvalue weighted by molar-refractivity contribution is 0.0974. The highest BCUT2D eigenvalue weighted by molar-refractivity contribution is 4.91. The highest BCUT2D eigenvalue weighted by Crippen LogP contribution is 2.38. The molecular formula is C17H34N2. The maximum absolute atomic E-state index is 3.72. The Labute approximate surface area is 120 Å². The molecule has 1 aliphatic heterocycles. The highest BCUT2D eigenvalue weighted by Gasteiger charge is 2.37. The van der Waals surface area contributed by atoms with Crippen molar-refractivity contribution in [3.8, 4) is 0 Å². The SMILES string of the molecule is CCCNCC1(CN2CC(C)CC2C)CCCCC1. The molecule has 2 rings (SSSR count). The van der Waals surface area contributed by atoms with Crippen LogP contribution >= 0.6 is 0 Å². The summed E-state index contributed by atoms with van der Waals surface area (Å²) in [6.45, 7) is 12.2. The van der Waals surface area contributed by atoms with Crippen molar-refractivity contribution in [1.29, 1.82) is 0 Å². The van der Waals surface area contributed by atoms with Gasteiger partial charge in [0.05, 0.1) is 0 Å². The second-order valence-electron chi connectivity index (χ2n) is 7.36. The molecule has 0 aromatic carbocycles. The molecule has 0 amide bonds. The predicted octanol–water partition coefficient (Wildman–Crippen LogP) is 3.67. The molecule has 2 atom stereocenters. The molecule has 0 spiro atoms. The van der Waals surface area contributed by atoms with E-state index in [0.29, 0.717) is 5.41 Å². The van der Waals surface area contributed by atoms with E-state index in [4.69, 9.17) is 0 Å². The molecule has 1 heterocycles. The smallest absolute Gasteiger partial charge is 0.00702 e. The van der Waals surface area contributed by atoms with Crippen molar-refractivity contribution in [2.45, 2.75) is 71.8 Å². The summed E-state index contributed by atoms with van der Waals surface area (Å²) in [5.74, 6) is 0.902. The zero-order chi connectivity index (χ0) is 13.7. The molecule has 19 heavy (non-hydrogen) atoms. The molecule has 0 bridgehead atoms. The van der Waals surface area contributed by atoms with Crippen molar-refractivity contribution < 1.29 is 0 Å². The fourth-order valence-corrected chi connectivity index (χ4v) is 4.26.